The fraction of sp³-hybridized carbons (Fsp3) is 0.674. The highest BCUT2D eigenvalue weighted by Gasteiger charge is 2.29. The lowest BCUT2D eigenvalue weighted by atomic mass is 10.0. The van der Waals surface area contributed by atoms with Crippen LogP contribution in [-0.4, -0.2) is 95.9 Å². The molecule has 0 saturated heterocycles. The molecule has 0 bridgehead atoms. The molecule has 0 amide bonds. The Morgan fingerprint density at radius 3 is 0.794 bits per heavy atom. The summed E-state index contributed by atoms with van der Waals surface area (Å²) in [5, 5.41) is 20.7. The Morgan fingerprint density at radius 1 is 0.271 bits per heavy atom. The predicted octanol–water partition coefficient (Wildman–Crippen LogP) is 25.0. The third-order valence-electron chi connectivity index (χ3n) is 17.2. The smallest absolute Gasteiger partial charge is 0.463 e. The molecule has 4 N–H and O–H groups in total. The largest absolute Gasteiger partial charge is 0.472 e. The summed E-state index contributed by atoms with van der Waals surface area (Å²) in [7, 11) is -9.81. The first-order valence-corrected chi connectivity index (χ1v) is 44.8. The maximum atomic E-state index is 13.0. The summed E-state index contributed by atoms with van der Waals surface area (Å²) < 4.78 is 61.2. The van der Waals surface area contributed by atoms with Crippen molar-refractivity contribution in [1.29, 1.82) is 0 Å². The molecule has 5 unspecified atom stereocenters. The monoisotopic (exact) mass is 1540 g/mol. The molecule has 0 radical (unpaired) electrons. The molecule has 0 aromatic heterocycles. The molecule has 16 nitrogen and oxygen atoms in total. The first kappa shape index (κ1) is 102. The second kappa shape index (κ2) is 80.7. The summed E-state index contributed by atoms with van der Waals surface area (Å²) in [6.07, 6.45) is 102. The van der Waals surface area contributed by atoms with Crippen LogP contribution in [-0.2, 0) is 55.8 Å². The van der Waals surface area contributed by atoms with Crippen molar-refractivity contribution in [3.8, 4) is 0 Å². The van der Waals surface area contributed by atoms with E-state index in [2.05, 4.69) is 179 Å². The zero-order valence-corrected chi connectivity index (χ0v) is 68.8. The molecule has 0 rings (SSSR count). The van der Waals surface area contributed by atoms with E-state index in [0.717, 1.165) is 167 Å². The van der Waals surface area contributed by atoms with E-state index in [0.29, 0.717) is 19.3 Å². The number of carbonyl (C=O) groups is 3. The minimum absolute atomic E-state index is 0.0854. The van der Waals surface area contributed by atoms with E-state index in [1.807, 2.05) is 0 Å². The van der Waals surface area contributed by atoms with Gasteiger partial charge in [-0.2, -0.15) is 0 Å². The van der Waals surface area contributed by atoms with Crippen molar-refractivity contribution < 1.29 is 75.8 Å². The maximum absolute atomic E-state index is 13.0. The summed E-state index contributed by atoms with van der Waals surface area (Å²) in [5.74, 6) is -1.61. The lowest BCUT2D eigenvalue weighted by Crippen LogP contribution is -2.30. The van der Waals surface area contributed by atoms with Crippen molar-refractivity contribution in [2.75, 3.05) is 39.6 Å². The number of hydrogen-bond acceptors (Lipinski definition) is 14. The van der Waals surface area contributed by atoms with Gasteiger partial charge in [0.1, 0.15) is 25.4 Å². The standard InChI is InChI=1S/C89H150O16P2/c1-4-7-10-13-16-19-22-25-28-30-32-34-36-37-38-39-40-41-42-43-44-45-47-49-50-52-55-57-60-63-66-69-72-75-87(92)99-78-84(90)79-101-106(95,96)102-80-85(91)81-103-107(97,98)104-83-86(105-89(94)77-74-71-68-65-62-59-54-27-24-21-18-15-12-9-6-3)82-100-88(93)76-73-70-67-64-61-58-56-53-51-48-46-35-33-31-29-26-23-20-17-14-11-8-5-2/h7-8,10-11,16-17,19-20,25-29,32-35,37-38,40-41,48,51,54,56,58,84-86,90-91H,4-6,9,12-15,18,21-24,30-31,36,39,42-47,49-50,52-53,55,57,59-83H2,1-3H3,(H,95,96)(H,97,98)/b10-7-,11-8-,19-16-,20-17-,28-25-,29-26-,34-32-,35-33-,38-37-,41-40-,51-48-,54-27-,58-56-. The Morgan fingerprint density at radius 2 is 0.495 bits per heavy atom. The third kappa shape index (κ3) is 82.0. The number of aliphatic hydroxyl groups is 2. The molecule has 0 spiro atoms. The van der Waals surface area contributed by atoms with Gasteiger partial charge in [-0.1, -0.05) is 320 Å². The first-order valence-electron chi connectivity index (χ1n) is 41.8. The summed E-state index contributed by atoms with van der Waals surface area (Å²) >= 11 is 0. The number of hydrogen-bond donors (Lipinski definition) is 4. The Kier molecular flexibility index (Phi) is 77.0. The molecule has 0 aliphatic rings. The van der Waals surface area contributed by atoms with Gasteiger partial charge in [0.05, 0.1) is 26.4 Å². The molecule has 0 aromatic rings. The molecule has 18 heteroatoms. The molecule has 0 saturated carbocycles. The number of phosphoric acid groups is 2. The number of esters is 3. The van der Waals surface area contributed by atoms with Gasteiger partial charge < -0.3 is 34.2 Å². The number of allylic oxidation sites excluding steroid dienone is 26. The average Bonchev–Trinajstić information content (AvgIpc) is 0.908. The van der Waals surface area contributed by atoms with E-state index in [1.165, 1.54) is 103 Å². The molecule has 612 valence electrons. The molecule has 107 heavy (non-hydrogen) atoms. The number of aliphatic hydroxyl groups excluding tert-OH is 2. The maximum Gasteiger partial charge on any atom is 0.472 e. The Labute approximate surface area is 650 Å². The van der Waals surface area contributed by atoms with Crippen LogP contribution >= 0.6 is 15.6 Å². The predicted molar refractivity (Wildman–Crippen MR) is 445 cm³/mol. The summed E-state index contributed by atoms with van der Waals surface area (Å²) in [6, 6.07) is 0. The average molecular weight is 1540 g/mol. The van der Waals surface area contributed by atoms with Gasteiger partial charge in [-0.25, -0.2) is 9.13 Å². The van der Waals surface area contributed by atoms with E-state index in [-0.39, 0.29) is 19.3 Å². The van der Waals surface area contributed by atoms with Crippen LogP contribution in [0, 0.1) is 0 Å². The fourth-order valence-electron chi connectivity index (χ4n) is 10.9. The summed E-state index contributed by atoms with van der Waals surface area (Å²) in [6.45, 7) is 2.42. The molecule has 0 fully saturated rings. The van der Waals surface area contributed by atoms with E-state index in [1.54, 1.807) is 0 Å². The second-order valence-electron chi connectivity index (χ2n) is 27.5. The van der Waals surface area contributed by atoms with Crippen LogP contribution in [0.4, 0.5) is 0 Å². The van der Waals surface area contributed by atoms with E-state index in [4.69, 9.17) is 32.3 Å². The SMILES string of the molecule is CC/C=C\C/C=C\C/C=C\C/C=C\C/C=C\C/C=C\CCCCCCCCCCCCCCCCC(=O)OCC(O)COP(=O)(O)OCC(O)COP(=O)(O)OCC(COC(=O)CCCCCC/C=C\C/C=C\C/C=C\C/C=C\C/C=C\C/C=C\CC)OC(=O)CCCCCCC/C=C\CCCCCCCC. The molecule has 0 aliphatic heterocycles. The highest BCUT2D eigenvalue weighted by atomic mass is 31.2. The van der Waals surface area contributed by atoms with Crippen LogP contribution in [0.1, 0.15) is 329 Å². The highest BCUT2D eigenvalue weighted by Crippen LogP contribution is 2.45. The molecular weight excluding hydrogens is 1390 g/mol. The van der Waals surface area contributed by atoms with Gasteiger partial charge in [-0.05, 0) is 148 Å². The first-order chi connectivity index (χ1) is 52.2. The number of unbranched alkanes of at least 4 members (excludes halogenated alkanes) is 29. The van der Waals surface area contributed by atoms with Crippen molar-refractivity contribution >= 4 is 33.6 Å². The number of carbonyl (C=O) groups excluding carboxylic acids is 3. The molecule has 0 aromatic carbocycles. The van der Waals surface area contributed by atoms with Gasteiger partial charge in [0, 0.05) is 19.3 Å². The van der Waals surface area contributed by atoms with Crippen LogP contribution in [0.3, 0.4) is 0 Å². The molecule has 0 heterocycles. The summed E-state index contributed by atoms with van der Waals surface area (Å²) in [5.41, 5.74) is 0. The Bertz CT molecular complexity index is 2580. The molecule has 0 aliphatic carbocycles. The van der Waals surface area contributed by atoms with Gasteiger partial charge in [-0.3, -0.25) is 32.5 Å². The number of ether oxygens (including phenoxy) is 3. The Balaban J connectivity index is 4.51. The van der Waals surface area contributed by atoms with Crippen molar-refractivity contribution in [3.63, 3.8) is 0 Å². The Hall–Kier alpha value is -4.83. The van der Waals surface area contributed by atoms with E-state index in [9.17, 15) is 43.5 Å². The van der Waals surface area contributed by atoms with Crippen LogP contribution in [0.25, 0.3) is 0 Å². The normalized spacial score (nSPS) is 14.7. The van der Waals surface area contributed by atoms with Crippen molar-refractivity contribution in [2.45, 2.75) is 347 Å². The minimum atomic E-state index is -4.94. The zero-order chi connectivity index (χ0) is 78.0. The van der Waals surface area contributed by atoms with Gasteiger partial charge in [0.25, 0.3) is 0 Å². The topological polar surface area (TPSA) is 231 Å². The zero-order valence-electron chi connectivity index (χ0n) is 67.0. The fourth-order valence-corrected chi connectivity index (χ4v) is 12.5. The van der Waals surface area contributed by atoms with E-state index < -0.39 is 91.5 Å². The van der Waals surface area contributed by atoms with Gasteiger partial charge in [0.2, 0.25) is 0 Å². The third-order valence-corrected chi connectivity index (χ3v) is 19.1. The van der Waals surface area contributed by atoms with Crippen molar-refractivity contribution in [1.82, 2.24) is 0 Å². The van der Waals surface area contributed by atoms with E-state index >= 15 is 0 Å². The second-order valence-corrected chi connectivity index (χ2v) is 30.4. The van der Waals surface area contributed by atoms with Crippen molar-refractivity contribution in [2.24, 2.45) is 0 Å². The lowest BCUT2D eigenvalue weighted by Gasteiger charge is -2.21. The highest BCUT2D eigenvalue weighted by molar-refractivity contribution is 7.47. The lowest BCUT2D eigenvalue weighted by molar-refractivity contribution is -0.161. The van der Waals surface area contributed by atoms with Crippen LogP contribution in [0.5, 0.6) is 0 Å². The number of phosphoric ester groups is 2. The summed E-state index contributed by atoms with van der Waals surface area (Å²) in [4.78, 5) is 58.7. The quantitative estimate of drug-likeness (QED) is 0.0146. The van der Waals surface area contributed by atoms with Crippen LogP contribution in [0.2, 0.25) is 0 Å². The van der Waals surface area contributed by atoms with Crippen LogP contribution in [0.15, 0.2) is 158 Å². The molecular formula is C89H150O16P2. The number of rotatable bonds is 78. The van der Waals surface area contributed by atoms with Gasteiger partial charge in [0.15, 0.2) is 6.10 Å². The van der Waals surface area contributed by atoms with Gasteiger partial charge in [-0.15, -0.1) is 0 Å². The van der Waals surface area contributed by atoms with Crippen molar-refractivity contribution in [3.05, 3.63) is 158 Å². The van der Waals surface area contributed by atoms with Gasteiger partial charge >= 0.3 is 33.6 Å². The minimum Gasteiger partial charge on any atom is -0.463 e. The molecule has 5 atom stereocenters. The van der Waals surface area contributed by atoms with Crippen LogP contribution < -0.4 is 0 Å².